The predicted molar refractivity (Wildman–Crippen MR) is 60.4 cm³/mol. The Balaban J connectivity index is 3.51. The zero-order valence-electron chi connectivity index (χ0n) is 10.1. The van der Waals surface area contributed by atoms with Crippen molar-refractivity contribution in [1.82, 2.24) is 0 Å². The molecule has 0 saturated carbocycles. The summed E-state index contributed by atoms with van der Waals surface area (Å²) < 4.78 is 33.0. The second kappa shape index (κ2) is 6.42. The number of nitro groups is 1. The smallest absolute Gasteiger partial charge is 0.387 e. The number of nitrogens with zero attached hydrogens (tertiary/aromatic N) is 2. The molecule has 0 amide bonds. The minimum atomic E-state index is -3.24. The summed E-state index contributed by atoms with van der Waals surface area (Å²) in [6.45, 7) is -1.88. The van der Waals surface area contributed by atoms with E-state index < -0.39 is 40.1 Å². The first-order chi connectivity index (χ1) is 9.42. The van der Waals surface area contributed by atoms with Crippen LogP contribution < -0.4 is 4.74 Å². The average molecular weight is 286 g/mol. The average Bonchev–Trinajstić information content (AvgIpc) is 2.37. The molecule has 20 heavy (non-hydrogen) atoms. The molecule has 106 valence electrons. The van der Waals surface area contributed by atoms with Gasteiger partial charge in [-0.2, -0.15) is 14.0 Å². The SMILES string of the molecule is CCOC(=O)c1c([N+](=O)[O-])ccc(OC(F)F)c1C#N. The Labute approximate surface area is 111 Å². The van der Waals surface area contributed by atoms with Crippen molar-refractivity contribution in [3.63, 3.8) is 0 Å². The van der Waals surface area contributed by atoms with Crippen LogP contribution in [-0.4, -0.2) is 24.1 Å². The number of benzene rings is 1. The number of rotatable bonds is 5. The van der Waals surface area contributed by atoms with Crippen molar-refractivity contribution in [3.8, 4) is 11.8 Å². The number of nitro benzene ring substituents is 1. The van der Waals surface area contributed by atoms with Gasteiger partial charge in [0.05, 0.1) is 11.5 Å². The van der Waals surface area contributed by atoms with Crippen LogP contribution in [0, 0.1) is 21.4 Å². The van der Waals surface area contributed by atoms with Crippen molar-refractivity contribution in [2.45, 2.75) is 13.5 Å². The highest BCUT2D eigenvalue weighted by Gasteiger charge is 2.29. The molecule has 0 saturated heterocycles. The van der Waals surface area contributed by atoms with E-state index in [0.717, 1.165) is 12.1 Å². The quantitative estimate of drug-likeness (QED) is 0.467. The lowest BCUT2D eigenvalue weighted by Gasteiger charge is -2.10. The highest BCUT2D eigenvalue weighted by atomic mass is 19.3. The number of halogens is 2. The molecule has 0 aliphatic heterocycles. The molecule has 0 bridgehead atoms. The summed E-state index contributed by atoms with van der Waals surface area (Å²) in [5, 5.41) is 19.8. The molecule has 0 aromatic heterocycles. The number of carbonyl (C=O) groups is 1. The number of ether oxygens (including phenoxy) is 2. The fourth-order valence-corrected chi connectivity index (χ4v) is 1.44. The van der Waals surface area contributed by atoms with Crippen LogP contribution in [0.15, 0.2) is 12.1 Å². The molecule has 7 nitrogen and oxygen atoms in total. The van der Waals surface area contributed by atoms with Gasteiger partial charge in [-0.15, -0.1) is 0 Å². The standard InChI is InChI=1S/C11H8F2N2O5/c1-2-19-10(16)9-6(5-14)8(20-11(12)13)4-3-7(9)15(17)18/h3-4,11H,2H2,1H3. The summed E-state index contributed by atoms with van der Waals surface area (Å²) >= 11 is 0. The van der Waals surface area contributed by atoms with E-state index in [2.05, 4.69) is 9.47 Å². The van der Waals surface area contributed by atoms with Crippen LogP contribution in [0.25, 0.3) is 0 Å². The van der Waals surface area contributed by atoms with Gasteiger partial charge in [-0.3, -0.25) is 10.1 Å². The second-order valence-corrected chi connectivity index (χ2v) is 3.30. The van der Waals surface area contributed by atoms with E-state index >= 15 is 0 Å². The van der Waals surface area contributed by atoms with Crippen LogP contribution in [0.2, 0.25) is 0 Å². The van der Waals surface area contributed by atoms with Gasteiger partial charge >= 0.3 is 12.6 Å². The van der Waals surface area contributed by atoms with Crippen molar-refractivity contribution < 1.29 is 28.0 Å². The summed E-state index contributed by atoms with van der Waals surface area (Å²) in [5.74, 6) is -1.79. The van der Waals surface area contributed by atoms with E-state index in [1.807, 2.05) is 0 Å². The zero-order chi connectivity index (χ0) is 15.3. The Morgan fingerprint density at radius 3 is 2.65 bits per heavy atom. The van der Waals surface area contributed by atoms with Crippen molar-refractivity contribution in [2.24, 2.45) is 0 Å². The third kappa shape index (κ3) is 3.17. The lowest BCUT2D eigenvalue weighted by Crippen LogP contribution is -2.13. The molecule has 0 aliphatic rings. The highest BCUT2D eigenvalue weighted by molar-refractivity contribution is 5.97. The third-order valence-corrected chi connectivity index (χ3v) is 2.15. The molecule has 0 atom stereocenters. The van der Waals surface area contributed by atoms with Crippen LogP contribution in [0.1, 0.15) is 22.8 Å². The van der Waals surface area contributed by atoms with E-state index in [9.17, 15) is 23.7 Å². The van der Waals surface area contributed by atoms with E-state index in [-0.39, 0.29) is 6.61 Å². The maximum Gasteiger partial charge on any atom is 0.387 e. The van der Waals surface area contributed by atoms with Crippen molar-refractivity contribution in [2.75, 3.05) is 6.61 Å². The predicted octanol–water partition coefficient (Wildman–Crippen LogP) is 2.24. The molecule has 1 aromatic rings. The maximum absolute atomic E-state index is 12.2. The monoisotopic (exact) mass is 286 g/mol. The number of nitriles is 1. The zero-order valence-corrected chi connectivity index (χ0v) is 10.1. The highest BCUT2D eigenvalue weighted by Crippen LogP contribution is 2.31. The molecule has 0 N–H and O–H groups in total. The van der Waals surface area contributed by atoms with Gasteiger partial charge in [0.1, 0.15) is 17.4 Å². The fraction of sp³-hybridized carbons (Fsp3) is 0.273. The minimum absolute atomic E-state index is 0.0964. The largest absolute Gasteiger partial charge is 0.462 e. The Bertz CT molecular complexity index is 583. The van der Waals surface area contributed by atoms with Gasteiger partial charge in [-0.05, 0) is 13.0 Å². The second-order valence-electron chi connectivity index (χ2n) is 3.30. The number of hydrogen-bond donors (Lipinski definition) is 0. The molecule has 0 fully saturated rings. The third-order valence-electron chi connectivity index (χ3n) is 2.15. The number of alkyl halides is 2. The minimum Gasteiger partial charge on any atom is -0.462 e. The number of hydrogen-bond acceptors (Lipinski definition) is 6. The first-order valence-electron chi connectivity index (χ1n) is 5.25. The summed E-state index contributed by atoms with van der Waals surface area (Å²) in [6.07, 6.45) is 0. The van der Waals surface area contributed by atoms with E-state index in [0.29, 0.717) is 0 Å². The molecular formula is C11H8F2N2O5. The molecule has 0 heterocycles. The summed E-state index contributed by atoms with van der Waals surface area (Å²) in [5.41, 5.74) is -2.10. The Hall–Kier alpha value is -2.76. The van der Waals surface area contributed by atoms with Crippen LogP contribution in [0.4, 0.5) is 14.5 Å². The van der Waals surface area contributed by atoms with Crippen LogP contribution in [-0.2, 0) is 4.74 Å². The molecule has 0 unspecified atom stereocenters. The maximum atomic E-state index is 12.2. The Kier molecular flexibility index (Phi) is 4.91. The van der Waals surface area contributed by atoms with Gasteiger partial charge in [0, 0.05) is 6.07 Å². The number of esters is 1. The lowest BCUT2D eigenvalue weighted by atomic mass is 10.1. The van der Waals surface area contributed by atoms with Gasteiger partial charge in [-0.25, -0.2) is 4.79 Å². The Morgan fingerprint density at radius 1 is 1.55 bits per heavy atom. The van der Waals surface area contributed by atoms with Gasteiger partial charge < -0.3 is 9.47 Å². The fourth-order valence-electron chi connectivity index (χ4n) is 1.44. The first kappa shape index (κ1) is 15.3. The normalized spacial score (nSPS) is 9.95. The molecule has 0 spiro atoms. The summed E-state index contributed by atoms with van der Waals surface area (Å²) in [6, 6.07) is 3.06. The van der Waals surface area contributed by atoms with Crippen molar-refractivity contribution in [1.29, 1.82) is 5.26 Å². The van der Waals surface area contributed by atoms with E-state index in [1.165, 1.54) is 13.0 Å². The molecule has 1 rings (SSSR count). The molecule has 1 aromatic carbocycles. The molecular weight excluding hydrogens is 278 g/mol. The topological polar surface area (TPSA) is 102 Å². The first-order valence-corrected chi connectivity index (χ1v) is 5.25. The Morgan fingerprint density at radius 2 is 2.20 bits per heavy atom. The summed E-state index contributed by atoms with van der Waals surface area (Å²) in [7, 11) is 0. The summed E-state index contributed by atoms with van der Waals surface area (Å²) in [4.78, 5) is 21.6. The van der Waals surface area contributed by atoms with Gasteiger partial charge in [0.2, 0.25) is 0 Å². The molecule has 9 heteroatoms. The van der Waals surface area contributed by atoms with Gasteiger partial charge in [0.15, 0.2) is 5.56 Å². The van der Waals surface area contributed by atoms with Crippen LogP contribution in [0.3, 0.4) is 0 Å². The lowest BCUT2D eigenvalue weighted by molar-refractivity contribution is -0.385. The van der Waals surface area contributed by atoms with Gasteiger partial charge in [0.25, 0.3) is 5.69 Å². The van der Waals surface area contributed by atoms with Crippen LogP contribution in [0.5, 0.6) is 5.75 Å². The molecule has 0 radical (unpaired) electrons. The van der Waals surface area contributed by atoms with Crippen molar-refractivity contribution in [3.05, 3.63) is 33.4 Å². The van der Waals surface area contributed by atoms with E-state index in [1.54, 1.807) is 0 Å². The van der Waals surface area contributed by atoms with Crippen molar-refractivity contribution >= 4 is 11.7 Å². The van der Waals surface area contributed by atoms with E-state index in [4.69, 9.17) is 5.26 Å². The van der Waals surface area contributed by atoms with Crippen LogP contribution >= 0.6 is 0 Å². The number of carbonyl (C=O) groups excluding carboxylic acids is 1. The molecule has 0 aliphatic carbocycles. The van der Waals surface area contributed by atoms with Gasteiger partial charge in [-0.1, -0.05) is 0 Å².